The van der Waals surface area contributed by atoms with Gasteiger partial charge in [0.25, 0.3) is 5.91 Å². The van der Waals surface area contributed by atoms with Crippen LogP contribution in [0.25, 0.3) is 11.1 Å². The van der Waals surface area contributed by atoms with Crippen molar-refractivity contribution in [3.05, 3.63) is 41.1 Å². The first-order valence-electron chi connectivity index (χ1n) is 6.02. The van der Waals surface area contributed by atoms with E-state index in [4.69, 9.17) is 4.42 Å². The van der Waals surface area contributed by atoms with Crippen LogP contribution in [0.15, 0.2) is 34.1 Å². The summed E-state index contributed by atoms with van der Waals surface area (Å²) in [5.41, 5.74) is 1.62. The van der Waals surface area contributed by atoms with Crippen molar-refractivity contribution in [2.24, 2.45) is 0 Å². The highest BCUT2D eigenvalue weighted by Crippen LogP contribution is 2.17. The van der Waals surface area contributed by atoms with Crippen molar-refractivity contribution in [2.45, 2.75) is 13.0 Å². The number of fused-ring (bicyclic) bond motifs is 1. The molecule has 1 atom stereocenters. The number of nitrogens with one attached hydrogen (secondary N) is 1. The van der Waals surface area contributed by atoms with Crippen molar-refractivity contribution in [2.75, 3.05) is 5.75 Å². The third kappa shape index (κ3) is 2.44. The normalized spacial score (nSPS) is 20.4. The molecule has 0 fully saturated rings. The Balaban J connectivity index is 1.80. The van der Waals surface area contributed by atoms with E-state index in [0.29, 0.717) is 22.6 Å². The molecule has 2 aromatic rings. The van der Waals surface area contributed by atoms with Gasteiger partial charge in [-0.15, -0.1) is 0 Å². The molecule has 0 saturated carbocycles. The number of nitrogens with zero attached hydrogens (tertiary/aromatic N) is 1. The number of benzene rings is 1. The highest BCUT2D eigenvalue weighted by atomic mass is 32.2. The lowest BCUT2D eigenvalue weighted by Crippen LogP contribution is -2.35. The Morgan fingerprint density at radius 2 is 2.25 bits per heavy atom. The molecular weight excluding hydrogens is 280 g/mol. The molecule has 0 spiro atoms. The molecule has 104 valence electrons. The van der Waals surface area contributed by atoms with E-state index >= 15 is 0 Å². The molecule has 1 aromatic heterocycles. The van der Waals surface area contributed by atoms with E-state index in [-0.39, 0.29) is 11.7 Å². The van der Waals surface area contributed by atoms with Crippen LogP contribution in [0, 0.1) is 6.92 Å². The topological polar surface area (TPSA) is 89.3 Å². The molecule has 1 amide bonds. The Morgan fingerprint density at radius 1 is 1.45 bits per heavy atom. The van der Waals surface area contributed by atoms with Crippen LogP contribution in [0.5, 0.6) is 0 Å². The van der Waals surface area contributed by atoms with E-state index in [1.54, 1.807) is 25.1 Å². The van der Waals surface area contributed by atoms with E-state index in [1.165, 1.54) is 6.08 Å². The van der Waals surface area contributed by atoms with Gasteiger partial charge in [0.05, 0.1) is 11.8 Å². The Labute approximate surface area is 115 Å². The molecule has 6 nitrogen and oxygen atoms in total. The van der Waals surface area contributed by atoms with Gasteiger partial charge in [0.1, 0.15) is 5.52 Å². The maximum Gasteiger partial charge on any atom is 0.251 e. The first-order valence-corrected chi connectivity index (χ1v) is 7.73. The van der Waals surface area contributed by atoms with Gasteiger partial charge in [0.2, 0.25) is 0 Å². The summed E-state index contributed by atoms with van der Waals surface area (Å²) in [4.78, 5) is 16.2. The van der Waals surface area contributed by atoms with Crippen molar-refractivity contribution in [1.29, 1.82) is 0 Å². The number of hydrogen-bond acceptors (Lipinski definition) is 5. The van der Waals surface area contributed by atoms with Gasteiger partial charge in [-0.1, -0.05) is 0 Å². The van der Waals surface area contributed by atoms with Gasteiger partial charge in [0.15, 0.2) is 21.3 Å². The van der Waals surface area contributed by atoms with Gasteiger partial charge in [-0.25, -0.2) is 13.4 Å². The van der Waals surface area contributed by atoms with Crippen LogP contribution in [0.4, 0.5) is 0 Å². The first-order chi connectivity index (χ1) is 9.43. The Bertz CT molecular complexity index is 820. The predicted octanol–water partition coefficient (Wildman–Crippen LogP) is 1.18. The second kappa shape index (κ2) is 4.45. The molecule has 0 unspecified atom stereocenters. The zero-order valence-electron chi connectivity index (χ0n) is 10.7. The number of sulfone groups is 1. The Kier molecular flexibility index (Phi) is 2.86. The largest absolute Gasteiger partial charge is 0.441 e. The summed E-state index contributed by atoms with van der Waals surface area (Å²) in [5, 5.41) is 3.78. The average molecular weight is 292 g/mol. The minimum Gasteiger partial charge on any atom is -0.441 e. The van der Waals surface area contributed by atoms with Crippen molar-refractivity contribution in [3.63, 3.8) is 0 Å². The van der Waals surface area contributed by atoms with E-state index in [9.17, 15) is 13.2 Å². The second-order valence-electron chi connectivity index (χ2n) is 4.65. The second-order valence-corrected chi connectivity index (χ2v) is 6.58. The number of carbonyl (C=O) groups is 1. The third-order valence-corrected chi connectivity index (χ3v) is 4.40. The molecule has 1 aromatic carbocycles. The van der Waals surface area contributed by atoms with Crippen LogP contribution in [0.3, 0.4) is 0 Å². The predicted molar refractivity (Wildman–Crippen MR) is 72.9 cm³/mol. The lowest BCUT2D eigenvalue weighted by molar-refractivity contribution is 0.0947. The van der Waals surface area contributed by atoms with Crippen LogP contribution in [-0.4, -0.2) is 31.1 Å². The van der Waals surface area contributed by atoms with Crippen LogP contribution in [0.2, 0.25) is 0 Å². The van der Waals surface area contributed by atoms with Gasteiger partial charge in [-0.05, 0) is 24.3 Å². The van der Waals surface area contributed by atoms with E-state index in [1.807, 2.05) is 0 Å². The summed E-state index contributed by atoms with van der Waals surface area (Å²) in [6.45, 7) is 1.73. The Morgan fingerprint density at radius 3 is 2.95 bits per heavy atom. The summed E-state index contributed by atoms with van der Waals surface area (Å²) in [7, 11) is -3.18. The van der Waals surface area contributed by atoms with E-state index < -0.39 is 15.9 Å². The summed E-state index contributed by atoms with van der Waals surface area (Å²) >= 11 is 0. The maximum atomic E-state index is 12.1. The summed E-state index contributed by atoms with van der Waals surface area (Å²) in [6, 6.07) is 4.44. The van der Waals surface area contributed by atoms with Crippen molar-refractivity contribution < 1.29 is 17.6 Å². The SMILES string of the molecule is Cc1nc2ccc(C(=O)N[C@@H]3C=CS(=O)(=O)C3)cc2o1. The number of oxazole rings is 1. The lowest BCUT2D eigenvalue weighted by atomic mass is 10.2. The van der Waals surface area contributed by atoms with Crippen molar-refractivity contribution in [3.8, 4) is 0 Å². The molecule has 0 bridgehead atoms. The standard InChI is InChI=1S/C13H12N2O4S/c1-8-14-11-3-2-9(6-12(11)19-8)13(16)15-10-4-5-20(17,18)7-10/h2-6,10H,7H2,1H3,(H,15,16)/t10-/m1/s1. The first kappa shape index (κ1) is 12.9. The van der Waals surface area contributed by atoms with Crippen LogP contribution >= 0.6 is 0 Å². The summed E-state index contributed by atoms with van der Waals surface area (Å²) in [6.07, 6.45) is 1.48. The quantitative estimate of drug-likeness (QED) is 0.897. The maximum absolute atomic E-state index is 12.1. The fourth-order valence-corrected chi connectivity index (χ4v) is 3.33. The van der Waals surface area contributed by atoms with Crippen LogP contribution < -0.4 is 5.32 Å². The molecule has 1 aliphatic rings. The van der Waals surface area contributed by atoms with Crippen molar-refractivity contribution >= 4 is 26.8 Å². The van der Waals surface area contributed by atoms with Crippen LogP contribution in [-0.2, 0) is 9.84 Å². The van der Waals surface area contributed by atoms with E-state index in [2.05, 4.69) is 10.3 Å². The molecule has 7 heteroatoms. The molecule has 3 rings (SSSR count). The molecule has 0 radical (unpaired) electrons. The van der Waals surface area contributed by atoms with Gasteiger partial charge in [-0.3, -0.25) is 4.79 Å². The van der Waals surface area contributed by atoms with E-state index in [0.717, 1.165) is 5.41 Å². The highest BCUT2D eigenvalue weighted by molar-refractivity contribution is 7.94. The van der Waals surface area contributed by atoms with Crippen molar-refractivity contribution in [1.82, 2.24) is 10.3 Å². The van der Waals surface area contributed by atoms with Gasteiger partial charge in [-0.2, -0.15) is 0 Å². The lowest BCUT2D eigenvalue weighted by Gasteiger charge is -2.09. The molecule has 1 aliphatic heterocycles. The smallest absolute Gasteiger partial charge is 0.251 e. The molecule has 20 heavy (non-hydrogen) atoms. The monoisotopic (exact) mass is 292 g/mol. The fraction of sp³-hybridized carbons (Fsp3) is 0.231. The molecular formula is C13H12N2O4S. The average Bonchev–Trinajstić information content (AvgIpc) is 2.89. The Hall–Kier alpha value is -2.15. The molecule has 2 heterocycles. The van der Waals surface area contributed by atoms with Crippen LogP contribution in [0.1, 0.15) is 16.2 Å². The number of amides is 1. The van der Waals surface area contributed by atoms with Gasteiger partial charge >= 0.3 is 0 Å². The minimum atomic E-state index is -3.18. The zero-order valence-corrected chi connectivity index (χ0v) is 11.5. The summed E-state index contributed by atoms with van der Waals surface area (Å²) < 4.78 is 27.9. The number of rotatable bonds is 2. The highest BCUT2D eigenvalue weighted by Gasteiger charge is 2.23. The van der Waals surface area contributed by atoms with Gasteiger partial charge in [0, 0.05) is 17.9 Å². The molecule has 1 N–H and O–H groups in total. The number of aromatic nitrogens is 1. The third-order valence-electron chi connectivity index (χ3n) is 3.00. The molecule has 0 aliphatic carbocycles. The van der Waals surface area contributed by atoms with Gasteiger partial charge < -0.3 is 9.73 Å². The minimum absolute atomic E-state index is 0.0948. The number of aryl methyl sites for hydroxylation is 1. The fourth-order valence-electron chi connectivity index (χ4n) is 2.10. The number of carbonyl (C=O) groups excluding carboxylic acids is 1. The molecule has 0 saturated heterocycles. The zero-order chi connectivity index (χ0) is 14.3. The summed E-state index contributed by atoms with van der Waals surface area (Å²) in [5.74, 6) is 0.0950. The number of hydrogen-bond donors (Lipinski definition) is 1.